The van der Waals surface area contributed by atoms with Crippen LogP contribution in [0.1, 0.15) is 63.5 Å². The molecule has 0 spiro atoms. The van der Waals surface area contributed by atoms with E-state index in [0.29, 0.717) is 0 Å². The van der Waals surface area contributed by atoms with Crippen molar-refractivity contribution in [3.63, 3.8) is 0 Å². The first-order valence-corrected chi connectivity index (χ1v) is 7.37. The maximum absolute atomic E-state index is 11.1. The molecule has 0 aromatic heterocycles. The van der Waals surface area contributed by atoms with Crippen molar-refractivity contribution in [1.29, 1.82) is 0 Å². The molecule has 1 aliphatic carbocycles. The van der Waals surface area contributed by atoms with Gasteiger partial charge in [-0.15, -0.1) is 0 Å². The second kappa shape index (κ2) is 6.18. The lowest BCUT2D eigenvalue weighted by Gasteiger charge is -2.29. The summed E-state index contributed by atoms with van der Waals surface area (Å²) in [5, 5.41) is 0. The van der Waals surface area contributed by atoms with E-state index in [2.05, 4.69) is 31.2 Å². The van der Waals surface area contributed by atoms with Crippen molar-refractivity contribution in [3.8, 4) is 0 Å². The molecule has 1 aromatic carbocycles. The first-order chi connectivity index (χ1) is 9.08. The van der Waals surface area contributed by atoms with Crippen molar-refractivity contribution in [1.82, 2.24) is 0 Å². The van der Waals surface area contributed by atoms with Crippen molar-refractivity contribution in [2.45, 2.75) is 52.4 Å². The van der Waals surface area contributed by atoms with Crippen molar-refractivity contribution < 1.29 is 4.79 Å². The van der Waals surface area contributed by atoms with Crippen LogP contribution in [0.4, 0.5) is 0 Å². The van der Waals surface area contributed by atoms with E-state index in [1.807, 2.05) is 6.92 Å². The fourth-order valence-electron chi connectivity index (χ4n) is 3.19. The van der Waals surface area contributed by atoms with Gasteiger partial charge in [0, 0.05) is 0 Å². The van der Waals surface area contributed by atoms with Crippen LogP contribution in [-0.2, 0) is 4.79 Å². The third-order valence-electron chi connectivity index (χ3n) is 4.33. The van der Waals surface area contributed by atoms with Crippen molar-refractivity contribution in [2.75, 3.05) is 0 Å². The van der Waals surface area contributed by atoms with Crippen LogP contribution >= 0.6 is 0 Å². The summed E-state index contributed by atoms with van der Waals surface area (Å²) in [6.07, 6.45) is 7.13. The van der Waals surface area contributed by atoms with E-state index in [1.54, 1.807) is 13.0 Å². The summed E-state index contributed by atoms with van der Waals surface area (Å²) in [7, 11) is 0. The molecule has 1 fully saturated rings. The smallest absolute Gasteiger partial charge is 0.152 e. The fourth-order valence-corrected chi connectivity index (χ4v) is 3.19. The normalized spacial score (nSPS) is 24.3. The van der Waals surface area contributed by atoms with Gasteiger partial charge in [0.15, 0.2) is 5.78 Å². The maximum atomic E-state index is 11.1. The van der Waals surface area contributed by atoms with Gasteiger partial charge in [0.1, 0.15) is 0 Å². The topological polar surface area (TPSA) is 17.1 Å². The number of allylic oxidation sites excluding steroid dienone is 2. The van der Waals surface area contributed by atoms with Crippen molar-refractivity contribution >= 4 is 11.4 Å². The summed E-state index contributed by atoms with van der Waals surface area (Å²) in [6, 6.07) is 8.81. The molecular formula is C18H24O. The van der Waals surface area contributed by atoms with Crippen LogP contribution in [0, 0.1) is 5.92 Å². The summed E-state index contributed by atoms with van der Waals surface area (Å²) in [5.41, 5.74) is 3.67. The number of carbonyl (C=O) groups excluding carboxylic acids is 1. The average molecular weight is 256 g/mol. The van der Waals surface area contributed by atoms with E-state index in [-0.39, 0.29) is 5.78 Å². The fraction of sp³-hybridized carbons (Fsp3) is 0.500. The van der Waals surface area contributed by atoms with E-state index in [4.69, 9.17) is 0 Å². The number of rotatable bonds is 3. The highest BCUT2D eigenvalue weighted by Crippen LogP contribution is 2.37. The Kier molecular flexibility index (Phi) is 4.57. The Morgan fingerprint density at radius 1 is 1.11 bits per heavy atom. The van der Waals surface area contributed by atoms with Crippen molar-refractivity contribution in [3.05, 3.63) is 41.5 Å². The Morgan fingerprint density at radius 2 is 1.74 bits per heavy atom. The Labute approximate surface area is 116 Å². The molecule has 0 saturated heterocycles. The minimum atomic E-state index is 0.113. The van der Waals surface area contributed by atoms with Gasteiger partial charge >= 0.3 is 0 Å². The molecule has 1 saturated carbocycles. The lowest BCUT2D eigenvalue weighted by atomic mass is 9.76. The Balaban J connectivity index is 2.16. The van der Waals surface area contributed by atoms with Gasteiger partial charge < -0.3 is 0 Å². The van der Waals surface area contributed by atoms with E-state index in [1.165, 1.54) is 31.2 Å². The van der Waals surface area contributed by atoms with Gasteiger partial charge in [0.05, 0.1) is 0 Å². The predicted molar refractivity (Wildman–Crippen MR) is 81.1 cm³/mol. The zero-order chi connectivity index (χ0) is 13.8. The van der Waals surface area contributed by atoms with Crippen LogP contribution in [0.2, 0.25) is 0 Å². The molecule has 19 heavy (non-hydrogen) atoms. The first-order valence-electron chi connectivity index (χ1n) is 7.37. The number of hydrogen-bond donors (Lipinski definition) is 0. The third kappa shape index (κ3) is 3.56. The lowest BCUT2D eigenvalue weighted by molar-refractivity contribution is -0.112. The molecule has 0 amide bonds. The molecule has 0 heterocycles. The number of carbonyl (C=O) groups is 1. The minimum Gasteiger partial charge on any atom is -0.295 e. The predicted octanol–water partition coefficient (Wildman–Crippen LogP) is 4.97. The Hall–Kier alpha value is -1.37. The van der Waals surface area contributed by atoms with Gasteiger partial charge in [-0.2, -0.15) is 0 Å². The van der Waals surface area contributed by atoms with Gasteiger partial charge in [-0.3, -0.25) is 4.79 Å². The Bertz CT molecular complexity index is 467. The van der Waals surface area contributed by atoms with E-state index < -0.39 is 0 Å². The monoisotopic (exact) mass is 256 g/mol. The largest absolute Gasteiger partial charge is 0.295 e. The summed E-state index contributed by atoms with van der Waals surface area (Å²) < 4.78 is 0. The van der Waals surface area contributed by atoms with Crippen LogP contribution in [0.3, 0.4) is 0 Å². The molecule has 0 aliphatic heterocycles. The molecule has 2 rings (SSSR count). The first kappa shape index (κ1) is 14.0. The average Bonchev–Trinajstić information content (AvgIpc) is 2.39. The zero-order valence-electron chi connectivity index (χ0n) is 12.3. The molecule has 2 atom stereocenters. The standard InChI is InChI=1S/C18H24O/c1-13-6-4-5-7-18(13)17-10-8-16(9-11-17)14(2)12-15(3)19/h8-13,18H,4-7H2,1-3H3/b14-12-. The van der Waals surface area contributed by atoms with Crippen LogP contribution in [0.25, 0.3) is 5.57 Å². The third-order valence-corrected chi connectivity index (χ3v) is 4.33. The van der Waals surface area contributed by atoms with E-state index >= 15 is 0 Å². The van der Waals surface area contributed by atoms with Crippen LogP contribution in [0.15, 0.2) is 30.3 Å². The zero-order valence-corrected chi connectivity index (χ0v) is 12.3. The summed E-state index contributed by atoms with van der Waals surface area (Å²) >= 11 is 0. The SMILES string of the molecule is CC(=O)/C=C(/C)c1ccc(C2CCCCC2C)cc1. The number of benzene rings is 1. The summed E-state index contributed by atoms with van der Waals surface area (Å²) in [4.78, 5) is 11.1. The van der Waals surface area contributed by atoms with Gasteiger partial charge in [-0.25, -0.2) is 0 Å². The Morgan fingerprint density at radius 3 is 2.32 bits per heavy atom. The maximum Gasteiger partial charge on any atom is 0.152 e. The summed E-state index contributed by atoms with van der Waals surface area (Å²) in [5.74, 6) is 1.64. The highest BCUT2D eigenvalue weighted by atomic mass is 16.1. The molecule has 0 N–H and O–H groups in total. The summed E-state index contributed by atoms with van der Waals surface area (Å²) in [6.45, 7) is 5.97. The molecule has 102 valence electrons. The molecule has 1 heteroatoms. The number of hydrogen-bond acceptors (Lipinski definition) is 1. The van der Waals surface area contributed by atoms with E-state index in [9.17, 15) is 4.79 Å². The lowest BCUT2D eigenvalue weighted by Crippen LogP contribution is -2.14. The van der Waals surface area contributed by atoms with Crippen LogP contribution in [-0.4, -0.2) is 5.78 Å². The van der Waals surface area contributed by atoms with Gasteiger partial charge in [-0.05, 0) is 54.9 Å². The van der Waals surface area contributed by atoms with Crippen LogP contribution in [0.5, 0.6) is 0 Å². The van der Waals surface area contributed by atoms with Gasteiger partial charge in [-0.1, -0.05) is 50.5 Å². The second-order valence-electron chi connectivity index (χ2n) is 5.93. The quantitative estimate of drug-likeness (QED) is 0.698. The molecule has 1 aromatic rings. The molecule has 2 unspecified atom stereocenters. The molecular weight excluding hydrogens is 232 g/mol. The van der Waals surface area contributed by atoms with Gasteiger partial charge in [0.2, 0.25) is 0 Å². The molecule has 0 radical (unpaired) electrons. The second-order valence-corrected chi connectivity index (χ2v) is 5.93. The molecule has 0 bridgehead atoms. The van der Waals surface area contributed by atoms with Crippen molar-refractivity contribution in [2.24, 2.45) is 5.92 Å². The van der Waals surface area contributed by atoms with E-state index in [0.717, 1.165) is 23.0 Å². The number of ketones is 1. The van der Waals surface area contributed by atoms with Gasteiger partial charge in [0.25, 0.3) is 0 Å². The minimum absolute atomic E-state index is 0.113. The highest BCUT2D eigenvalue weighted by molar-refractivity contribution is 5.94. The highest BCUT2D eigenvalue weighted by Gasteiger charge is 2.22. The molecule has 1 aliphatic rings. The molecule has 1 nitrogen and oxygen atoms in total. The van der Waals surface area contributed by atoms with Crippen LogP contribution < -0.4 is 0 Å².